The number of carboxylic acids is 1. The molecule has 5 rings (SSSR count). The molecule has 1 aromatic heterocycles. The number of aryl methyl sites for hydroxylation is 1. The van der Waals surface area contributed by atoms with Gasteiger partial charge in [0.25, 0.3) is 0 Å². The highest BCUT2D eigenvalue weighted by molar-refractivity contribution is 5.95. The Balaban J connectivity index is 1.43. The standard InChI is InChI=1S/C31H38N4O5/c1-2-3-13-35(24-6-4-5-21(16-24)18-32)29(36)20-34-19-25(22-7-9-27-23(17-22)11-14-39-27)30(31(37)38)26(34)8-10-28-33-12-15-40-28/h4-7,9,12,15-17,25-26,30H,2-3,8,10-11,13-14,18-20,32H2,1H3,(H,37,38)/t25-,26?,30-/m1/s1. The van der Waals surface area contributed by atoms with Crippen LogP contribution in [0.5, 0.6) is 5.75 Å². The largest absolute Gasteiger partial charge is 0.493 e. The molecule has 0 radical (unpaired) electrons. The van der Waals surface area contributed by atoms with Gasteiger partial charge in [0.2, 0.25) is 5.91 Å². The highest BCUT2D eigenvalue weighted by Gasteiger charge is 2.47. The smallest absolute Gasteiger partial charge is 0.308 e. The summed E-state index contributed by atoms with van der Waals surface area (Å²) in [6.07, 6.45) is 6.77. The number of carbonyl (C=O) groups is 2. The van der Waals surface area contributed by atoms with E-state index < -0.39 is 11.9 Å². The average Bonchev–Trinajstić information content (AvgIpc) is 3.72. The zero-order valence-corrected chi connectivity index (χ0v) is 23.0. The molecular weight excluding hydrogens is 508 g/mol. The summed E-state index contributed by atoms with van der Waals surface area (Å²) in [6.45, 7) is 4.33. The predicted molar refractivity (Wildman–Crippen MR) is 151 cm³/mol. The van der Waals surface area contributed by atoms with E-state index in [1.165, 1.54) is 6.26 Å². The van der Waals surface area contributed by atoms with E-state index in [1.807, 2.05) is 41.3 Å². The first-order valence-electron chi connectivity index (χ1n) is 14.2. The number of fused-ring (bicyclic) bond motifs is 1. The molecule has 40 heavy (non-hydrogen) atoms. The van der Waals surface area contributed by atoms with Crippen molar-refractivity contribution >= 4 is 17.6 Å². The fourth-order valence-corrected chi connectivity index (χ4v) is 6.10. The van der Waals surface area contributed by atoms with Crippen LogP contribution in [0.1, 0.15) is 54.7 Å². The van der Waals surface area contributed by atoms with Gasteiger partial charge in [0.05, 0.1) is 25.3 Å². The van der Waals surface area contributed by atoms with Gasteiger partial charge in [-0.25, -0.2) is 4.98 Å². The molecule has 212 valence electrons. The number of ether oxygens (including phenoxy) is 1. The number of aliphatic carboxylic acids is 1. The molecule has 0 saturated carbocycles. The van der Waals surface area contributed by atoms with Crippen LogP contribution in [-0.4, -0.2) is 59.1 Å². The fourth-order valence-electron chi connectivity index (χ4n) is 6.10. The molecule has 3 heterocycles. The summed E-state index contributed by atoms with van der Waals surface area (Å²) >= 11 is 0. The Morgan fingerprint density at radius 3 is 2.85 bits per heavy atom. The van der Waals surface area contributed by atoms with Crippen LogP contribution in [-0.2, 0) is 29.0 Å². The van der Waals surface area contributed by atoms with Gasteiger partial charge in [-0.3, -0.25) is 14.5 Å². The van der Waals surface area contributed by atoms with Gasteiger partial charge in [-0.2, -0.15) is 0 Å². The van der Waals surface area contributed by atoms with Crippen LogP contribution in [0.15, 0.2) is 59.3 Å². The molecule has 1 amide bonds. The van der Waals surface area contributed by atoms with E-state index in [2.05, 4.69) is 22.9 Å². The Hall–Kier alpha value is -3.69. The maximum atomic E-state index is 13.9. The molecule has 9 nitrogen and oxygen atoms in total. The maximum Gasteiger partial charge on any atom is 0.308 e. The van der Waals surface area contributed by atoms with Crippen LogP contribution in [0.25, 0.3) is 0 Å². The summed E-state index contributed by atoms with van der Waals surface area (Å²) in [4.78, 5) is 34.8. The van der Waals surface area contributed by atoms with Crippen LogP contribution in [0, 0.1) is 5.92 Å². The number of benzene rings is 2. The number of carbonyl (C=O) groups excluding carboxylic acids is 1. The number of anilines is 1. The first kappa shape index (κ1) is 27.9. The lowest BCUT2D eigenvalue weighted by Crippen LogP contribution is -2.44. The quantitative estimate of drug-likeness (QED) is 0.350. The Bertz CT molecular complexity index is 1310. The van der Waals surface area contributed by atoms with Gasteiger partial charge in [0.15, 0.2) is 5.89 Å². The lowest BCUT2D eigenvalue weighted by atomic mass is 9.83. The van der Waals surface area contributed by atoms with Crippen molar-refractivity contribution < 1.29 is 23.8 Å². The van der Waals surface area contributed by atoms with E-state index in [4.69, 9.17) is 14.9 Å². The molecule has 3 N–H and O–H groups in total. The number of carboxylic acid groups (broad SMARTS) is 1. The molecule has 1 saturated heterocycles. The third-order valence-corrected chi connectivity index (χ3v) is 8.15. The van der Waals surface area contributed by atoms with Crippen molar-refractivity contribution in [3.8, 4) is 5.75 Å². The van der Waals surface area contributed by atoms with Gasteiger partial charge in [-0.15, -0.1) is 0 Å². The van der Waals surface area contributed by atoms with Crippen LogP contribution in [0.2, 0.25) is 0 Å². The number of rotatable bonds is 12. The van der Waals surface area contributed by atoms with Crippen LogP contribution in [0.3, 0.4) is 0 Å². The summed E-state index contributed by atoms with van der Waals surface area (Å²) < 4.78 is 11.1. The van der Waals surface area contributed by atoms with Crippen LogP contribution >= 0.6 is 0 Å². The second kappa shape index (κ2) is 12.7. The van der Waals surface area contributed by atoms with Crippen molar-refractivity contribution in [2.45, 2.75) is 57.5 Å². The summed E-state index contributed by atoms with van der Waals surface area (Å²) in [6, 6.07) is 13.4. The van der Waals surface area contributed by atoms with E-state index in [0.717, 1.165) is 47.4 Å². The number of hydrogen-bond donors (Lipinski definition) is 2. The summed E-state index contributed by atoms with van der Waals surface area (Å²) in [5.41, 5.74) is 9.75. The minimum Gasteiger partial charge on any atom is -0.493 e. The molecule has 3 atom stereocenters. The third kappa shape index (κ3) is 6.05. The lowest BCUT2D eigenvalue weighted by molar-refractivity contribution is -0.143. The number of unbranched alkanes of at least 4 members (excludes halogenated alkanes) is 1. The van der Waals surface area contributed by atoms with E-state index >= 15 is 0 Å². The van der Waals surface area contributed by atoms with Gasteiger partial charge >= 0.3 is 5.97 Å². The maximum absolute atomic E-state index is 13.9. The zero-order chi connectivity index (χ0) is 28.1. The Morgan fingerprint density at radius 2 is 2.10 bits per heavy atom. The van der Waals surface area contributed by atoms with Crippen molar-refractivity contribution in [2.24, 2.45) is 11.7 Å². The van der Waals surface area contributed by atoms with Crippen molar-refractivity contribution in [1.82, 2.24) is 9.88 Å². The average molecular weight is 547 g/mol. The summed E-state index contributed by atoms with van der Waals surface area (Å²) in [5, 5.41) is 10.5. The molecule has 2 aromatic carbocycles. The van der Waals surface area contributed by atoms with Crippen LogP contribution in [0.4, 0.5) is 5.69 Å². The van der Waals surface area contributed by atoms with Gasteiger partial charge in [0, 0.05) is 50.1 Å². The number of likely N-dealkylation sites (tertiary alicyclic amines) is 1. The van der Waals surface area contributed by atoms with Gasteiger partial charge in [-0.1, -0.05) is 37.6 Å². The third-order valence-electron chi connectivity index (χ3n) is 8.15. The molecule has 0 aliphatic carbocycles. The van der Waals surface area contributed by atoms with Gasteiger partial charge in [0.1, 0.15) is 12.0 Å². The minimum absolute atomic E-state index is 0.0455. The number of nitrogens with zero attached hydrogens (tertiary/aromatic N) is 3. The molecule has 0 bridgehead atoms. The van der Waals surface area contributed by atoms with E-state index in [9.17, 15) is 14.7 Å². The van der Waals surface area contributed by atoms with Crippen molar-refractivity contribution in [3.63, 3.8) is 0 Å². The predicted octanol–water partition coefficient (Wildman–Crippen LogP) is 4.00. The Kier molecular flexibility index (Phi) is 8.81. The molecule has 1 fully saturated rings. The Labute approximate surface area is 234 Å². The highest BCUT2D eigenvalue weighted by Crippen LogP contribution is 2.41. The van der Waals surface area contributed by atoms with Crippen LogP contribution < -0.4 is 15.4 Å². The van der Waals surface area contributed by atoms with Gasteiger partial charge in [-0.05, 0) is 47.7 Å². The summed E-state index contributed by atoms with van der Waals surface area (Å²) in [7, 11) is 0. The summed E-state index contributed by atoms with van der Waals surface area (Å²) in [5.74, 6) is -0.393. The van der Waals surface area contributed by atoms with E-state index in [1.54, 1.807) is 6.20 Å². The Morgan fingerprint density at radius 1 is 1.23 bits per heavy atom. The zero-order valence-electron chi connectivity index (χ0n) is 23.0. The number of aromatic nitrogens is 1. The number of amides is 1. The fraction of sp³-hybridized carbons (Fsp3) is 0.452. The second-order valence-corrected chi connectivity index (χ2v) is 10.7. The number of nitrogens with two attached hydrogens (primary N) is 1. The lowest BCUT2D eigenvalue weighted by Gasteiger charge is -2.30. The first-order valence-corrected chi connectivity index (χ1v) is 14.2. The van der Waals surface area contributed by atoms with Crippen molar-refractivity contribution in [3.05, 3.63) is 77.5 Å². The van der Waals surface area contributed by atoms with E-state index in [0.29, 0.717) is 45.0 Å². The van der Waals surface area contributed by atoms with E-state index in [-0.39, 0.29) is 24.4 Å². The normalized spacial score (nSPS) is 20.3. The molecule has 0 spiro atoms. The molecule has 2 aliphatic heterocycles. The first-order chi connectivity index (χ1) is 19.5. The molecular formula is C31H38N4O5. The number of oxazole rings is 1. The monoisotopic (exact) mass is 546 g/mol. The van der Waals surface area contributed by atoms with Gasteiger partial charge < -0.3 is 24.9 Å². The van der Waals surface area contributed by atoms with Crippen molar-refractivity contribution in [1.29, 1.82) is 0 Å². The number of hydrogen-bond acceptors (Lipinski definition) is 7. The van der Waals surface area contributed by atoms with Crippen molar-refractivity contribution in [2.75, 3.05) is 31.1 Å². The topological polar surface area (TPSA) is 122 Å². The SMILES string of the molecule is CCCCN(C(=O)CN1C[C@H](c2ccc3c(c2)CCO3)[C@@H](C(=O)O)C1CCc1ncco1)c1cccc(CN)c1. The minimum atomic E-state index is -0.854. The highest BCUT2D eigenvalue weighted by atomic mass is 16.5. The molecule has 2 aliphatic rings. The second-order valence-electron chi connectivity index (χ2n) is 10.7. The molecule has 1 unspecified atom stereocenters. The molecule has 9 heteroatoms. The molecule has 3 aromatic rings.